The van der Waals surface area contributed by atoms with Crippen LogP contribution in [0, 0.1) is 16.7 Å². The number of aromatic nitrogens is 2. The molecular weight excluding hydrogens is 446 g/mol. The molecule has 3 aromatic rings. The number of hydrogen-bond donors (Lipinski definition) is 3. The fourth-order valence-electron chi connectivity index (χ4n) is 4.25. The van der Waals surface area contributed by atoms with Crippen molar-refractivity contribution in [1.29, 1.82) is 5.26 Å². The summed E-state index contributed by atoms with van der Waals surface area (Å²) in [6.07, 6.45) is -2.01. The average molecular weight is 476 g/mol. The summed E-state index contributed by atoms with van der Waals surface area (Å²) in [5.41, 5.74) is 1.85. The van der Waals surface area contributed by atoms with Crippen LogP contribution in [0.2, 0.25) is 0 Å². The van der Waals surface area contributed by atoms with Crippen molar-refractivity contribution in [3.05, 3.63) is 65.4 Å². The lowest BCUT2D eigenvalue weighted by Crippen LogP contribution is -2.54. The number of hydrogen-bond acceptors (Lipinski definition) is 6. The predicted molar refractivity (Wildman–Crippen MR) is 129 cm³/mol. The van der Waals surface area contributed by atoms with E-state index in [4.69, 9.17) is 5.26 Å². The van der Waals surface area contributed by atoms with Gasteiger partial charge in [-0.2, -0.15) is 10.4 Å². The fourth-order valence-corrected chi connectivity index (χ4v) is 4.25. The zero-order chi connectivity index (χ0) is 25.3. The second-order valence-electron chi connectivity index (χ2n) is 9.98. The number of β-amino-alcohol motifs (C(OH)–C–C–N with tert-alkyl or cyclic N) is 2. The highest BCUT2D eigenvalue weighted by Gasteiger charge is 2.41. The van der Waals surface area contributed by atoms with Crippen LogP contribution in [0.5, 0.6) is 0 Å². The van der Waals surface area contributed by atoms with Gasteiger partial charge < -0.3 is 20.4 Å². The molecule has 1 aromatic heterocycles. The number of fused-ring (bicyclic) bond motifs is 1. The molecule has 9 heteroatoms. The van der Waals surface area contributed by atoms with Gasteiger partial charge in [0.25, 0.3) is 5.91 Å². The molecular formula is C26H29N5O4. The summed E-state index contributed by atoms with van der Waals surface area (Å²) in [6, 6.07) is 15.8. The highest BCUT2D eigenvalue weighted by atomic mass is 16.3. The molecule has 2 aromatic carbocycles. The van der Waals surface area contributed by atoms with Crippen LogP contribution in [0.15, 0.2) is 48.5 Å². The van der Waals surface area contributed by atoms with Crippen molar-refractivity contribution in [3.8, 4) is 6.07 Å². The Labute approximate surface area is 203 Å². The Hall–Kier alpha value is -3.74. The van der Waals surface area contributed by atoms with Crippen LogP contribution in [0.3, 0.4) is 0 Å². The van der Waals surface area contributed by atoms with Crippen molar-refractivity contribution < 1.29 is 19.8 Å². The molecule has 3 N–H and O–H groups in total. The van der Waals surface area contributed by atoms with Crippen molar-refractivity contribution in [2.75, 3.05) is 13.1 Å². The zero-order valence-corrected chi connectivity index (χ0v) is 20.0. The van der Waals surface area contributed by atoms with Gasteiger partial charge in [-0.25, -0.2) is 0 Å². The van der Waals surface area contributed by atoms with E-state index in [-0.39, 0.29) is 24.7 Å². The molecule has 1 fully saturated rings. The molecule has 0 spiro atoms. The molecule has 4 rings (SSSR count). The molecule has 2 amide bonds. The van der Waals surface area contributed by atoms with Crippen LogP contribution >= 0.6 is 0 Å². The number of para-hydroxylation sites is 1. The molecule has 35 heavy (non-hydrogen) atoms. The summed E-state index contributed by atoms with van der Waals surface area (Å²) in [5.74, 6) is -0.837. The molecule has 182 valence electrons. The third kappa shape index (κ3) is 5.04. The number of likely N-dealkylation sites (tertiary alicyclic amines) is 1. The maximum Gasteiger partial charge on any atom is 0.273 e. The van der Waals surface area contributed by atoms with E-state index in [2.05, 4.69) is 16.5 Å². The van der Waals surface area contributed by atoms with E-state index < -0.39 is 29.6 Å². The number of amides is 2. The Balaban J connectivity index is 1.62. The molecule has 3 atom stereocenters. The van der Waals surface area contributed by atoms with Gasteiger partial charge in [-0.3, -0.25) is 14.3 Å². The third-order valence-corrected chi connectivity index (χ3v) is 6.25. The first-order chi connectivity index (χ1) is 16.6. The number of carbonyl (C=O) groups excluding carboxylic acids is 2. The summed E-state index contributed by atoms with van der Waals surface area (Å²) in [7, 11) is 0. The van der Waals surface area contributed by atoms with Crippen molar-refractivity contribution >= 4 is 22.7 Å². The fraction of sp³-hybridized carbons (Fsp3) is 0.385. The summed E-state index contributed by atoms with van der Waals surface area (Å²) in [5, 5.41) is 36.9. The van der Waals surface area contributed by atoms with E-state index in [0.29, 0.717) is 17.5 Å². The van der Waals surface area contributed by atoms with E-state index in [0.717, 1.165) is 11.1 Å². The van der Waals surface area contributed by atoms with Gasteiger partial charge in [0.1, 0.15) is 6.04 Å². The normalized spacial score (nSPS) is 18.9. The van der Waals surface area contributed by atoms with Gasteiger partial charge in [-0.05, 0) is 29.2 Å². The number of aliphatic hydroxyl groups excluding tert-OH is 2. The van der Waals surface area contributed by atoms with Crippen LogP contribution in [0.1, 0.15) is 42.4 Å². The maximum atomic E-state index is 13.4. The first-order valence-electron chi connectivity index (χ1n) is 11.5. The van der Waals surface area contributed by atoms with E-state index in [9.17, 15) is 19.8 Å². The lowest BCUT2D eigenvalue weighted by atomic mass is 9.85. The van der Waals surface area contributed by atoms with Crippen LogP contribution in [-0.2, 0) is 11.3 Å². The standard InChI is InChI=1S/C26H29N5O4/c1-26(2,3)23(25(35)30-14-20(32)21(33)15-30)28-24(34)22-18-6-4-5-7-19(18)31(29-22)13-17-10-8-16(12-27)9-11-17/h4-11,20-21,23,32-33H,13-15H2,1-3H3,(H,28,34)/t20-,21+,23-/m1/s1. The molecule has 0 bridgehead atoms. The summed E-state index contributed by atoms with van der Waals surface area (Å²) >= 11 is 0. The van der Waals surface area contributed by atoms with Gasteiger partial charge in [0.05, 0.1) is 35.9 Å². The number of aliphatic hydroxyl groups is 2. The van der Waals surface area contributed by atoms with Gasteiger partial charge in [0.15, 0.2) is 5.69 Å². The number of nitrogens with one attached hydrogen (secondary N) is 1. The number of nitriles is 1. The van der Waals surface area contributed by atoms with Crippen LogP contribution < -0.4 is 5.32 Å². The largest absolute Gasteiger partial charge is 0.388 e. The van der Waals surface area contributed by atoms with E-state index in [1.165, 1.54) is 4.90 Å². The van der Waals surface area contributed by atoms with E-state index in [1.807, 2.05) is 57.2 Å². The molecule has 1 saturated heterocycles. The molecule has 1 aliphatic heterocycles. The molecule has 0 aliphatic carbocycles. The zero-order valence-electron chi connectivity index (χ0n) is 20.0. The van der Waals surface area contributed by atoms with E-state index >= 15 is 0 Å². The topological polar surface area (TPSA) is 131 Å². The summed E-state index contributed by atoms with van der Waals surface area (Å²) < 4.78 is 1.73. The van der Waals surface area contributed by atoms with Gasteiger partial charge >= 0.3 is 0 Å². The number of benzene rings is 2. The Kier molecular flexibility index (Phi) is 6.61. The first kappa shape index (κ1) is 24.4. The Morgan fingerprint density at radius 1 is 1.11 bits per heavy atom. The maximum absolute atomic E-state index is 13.4. The Morgan fingerprint density at radius 3 is 2.34 bits per heavy atom. The summed E-state index contributed by atoms with van der Waals surface area (Å²) in [4.78, 5) is 28.1. The average Bonchev–Trinajstić information content (AvgIpc) is 3.36. The van der Waals surface area contributed by atoms with Gasteiger partial charge in [-0.15, -0.1) is 0 Å². The number of carbonyl (C=O) groups is 2. The third-order valence-electron chi connectivity index (χ3n) is 6.25. The smallest absolute Gasteiger partial charge is 0.273 e. The monoisotopic (exact) mass is 475 g/mol. The highest BCUT2D eigenvalue weighted by Crippen LogP contribution is 2.25. The van der Waals surface area contributed by atoms with Crippen molar-refractivity contribution in [1.82, 2.24) is 20.0 Å². The quantitative estimate of drug-likeness (QED) is 0.514. The van der Waals surface area contributed by atoms with Crippen molar-refractivity contribution in [2.45, 2.75) is 45.6 Å². The van der Waals surface area contributed by atoms with Gasteiger partial charge in [-0.1, -0.05) is 51.1 Å². The molecule has 1 aliphatic rings. The second kappa shape index (κ2) is 9.49. The summed E-state index contributed by atoms with van der Waals surface area (Å²) in [6.45, 7) is 5.99. The minimum atomic E-state index is -1.00. The highest BCUT2D eigenvalue weighted by molar-refractivity contribution is 6.06. The Morgan fingerprint density at radius 2 is 1.74 bits per heavy atom. The lowest BCUT2D eigenvalue weighted by Gasteiger charge is -2.33. The molecule has 0 radical (unpaired) electrons. The van der Waals surface area contributed by atoms with Gasteiger partial charge in [0.2, 0.25) is 5.91 Å². The SMILES string of the molecule is CC(C)(C)[C@H](NC(=O)c1nn(Cc2ccc(C#N)cc2)c2ccccc12)C(=O)N1C[C@@H](O)[C@@H](O)C1. The first-order valence-corrected chi connectivity index (χ1v) is 11.5. The molecule has 2 heterocycles. The van der Waals surface area contributed by atoms with Gasteiger partial charge in [0, 0.05) is 18.5 Å². The molecule has 0 unspecified atom stereocenters. The predicted octanol–water partition coefficient (Wildman–Crippen LogP) is 1.66. The molecule has 0 saturated carbocycles. The number of rotatable bonds is 5. The van der Waals surface area contributed by atoms with Crippen LogP contribution in [0.25, 0.3) is 10.9 Å². The second-order valence-corrected chi connectivity index (χ2v) is 9.98. The van der Waals surface area contributed by atoms with E-state index in [1.54, 1.807) is 16.8 Å². The molecule has 9 nitrogen and oxygen atoms in total. The Bertz CT molecular complexity index is 1280. The minimum absolute atomic E-state index is 0.0185. The lowest BCUT2D eigenvalue weighted by molar-refractivity contribution is -0.135. The number of nitrogens with zero attached hydrogens (tertiary/aromatic N) is 4. The van der Waals surface area contributed by atoms with Crippen LogP contribution in [0.4, 0.5) is 0 Å². The minimum Gasteiger partial charge on any atom is -0.388 e. The van der Waals surface area contributed by atoms with Crippen LogP contribution in [-0.4, -0.2) is 68.0 Å². The van der Waals surface area contributed by atoms with Crippen molar-refractivity contribution in [3.63, 3.8) is 0 Å². The van der Waals surface area contributed by atoms with Crippen molar-refractivity contribution in [2.24, 2.45) is 5.41 Å².